The molecule has 0 fully saturated rings. The van der Waals surface area contributed by atoms with Crippen molar-refractivity contribution >= 4 is 17.9 Å². The van der Waals surface area contributed by atoms with Crippen LogP contribution in [0.15, 0.2) is 6.07 Å². The molecular weight excluding hydrogens is 250 g/mol. The molecule has 0 aliphatic rings. The van der Waals surface area contributed by atoms with E-state index in [2.05, 4.69) is 10.4 Å². The first-order valence-electron chi connectivity index (χ1n) is 6.04. The summed E-state index contributed by atoms with van der Waals surface area (Å²) in [6.07, 6.45) is 0.0824. The number of anilines is 1. The number of rotatable bonds is 4. The van der Waals surface area contributed by atoms with E-state index in [9.17, 15) is 9.59 Å². The average molecular weight is 269 g/mol. The maximum Gasteiger partial charge on any atom is 0.413 e. The van der Waals surface area contributed by atoms with Gasteiger partial charge >= 0.3 is 12.1 Å². The molecule has 1 amide bonds. The number of hydrogen-bond acceptors (Lipinski definition) is 4. The maximum absolute atomic E-state index is 11.5. The van der Waals surface area contributed by atoms with Gasteiger partial charge in [-0.25, -0.2) is 9.59 Å². The topological polar surface area (TPSA) is 93.5 Å². The number of nitrogens with one attached hydrogen (secondary N) is 1. The fourth-order valence-electron chi connectivity index (χ4n) is 1.44. The highest BCUT2D eigenvalue weighted by molar-refractivity contribution is 5.89. The van der Waals surface area contributed by atoms with Gasteiger partial charge in [0.15, 0.2) is 5.82 Å². The van der Waals surface area contributed by atoms with Crippen molar-refractivity contribution in [1.82, 2.24) is 9.78 Å². The number of ether oxygens (including phenoxy) is 1. The lowest BCUT2D eigenvalue weighted by molar-refractivity contribution is 0.0632. The van der Waals surface area contributed by atoms with Gasteiger partial charge in [-0.05, 0) is 27.2 Å². The number of hydrogen-bond donors (Lipinski definition) is 2. The van der Waals surface area contributed by atoms with Crippen LogP contribution >= 0.6 is 0 Å². The Kier molecular flexibility index (Phi) is 4.52. The van der Waals surface area contributed by atoms with Crippen molar-refractivity contribution in [2.75, 3.05) is 5.32 Å². The van der Waals surface area contributed by atoms with Gasteiger partial charge in [-0.15, -0.1) is 0 Å². The summed E-state index contributed by atoms with van der Waals surface area (Å²) >= 11 is 0. The van der Waals surface area contributed by atoms with Gasteiger partial charge < -0.3 is 9.84 Å². The van der Waals surface area contributed by atoms with Gasteiger partial charge in [0, 0.05) is 12.6 Å². The first-order chi connectivity index (χ1) is 8.73. The predicted octanol–water partition coefficient (Wildman–Crippen LogP) is 2.34. The van der Waals surface area contributed by atoms with Crippen LogP contribution in [0.4, 0.5) is 10.6 Å². The van der Waals surface area contributed by atoms with Crippen LogP contribution in [-0.2, 0) is 11.3 Å². The minimum atomic E-state index is -1.09. The van der Waals surface area contributed by atoms with Crippen LogP contribution in [0.3, 0.4) is 0 Å². The van der Waals surface area contributed by atoms with Crippen LogP contribution in [-0.4, -0.2) is 32.6 Å². The molecule has 0 spiro atoms. The highest BCUT2D eigenvalue weighted by Crippen LogP contribution is 2.13. The van der Waals surface area contributed by atoms with Gasteiger partial charge in [0.05, 0.1) is 0 Å². The van der Waals surface area contributed by atoms with E-state index in [1.807, 2.05) is 6.92 Å². The van der Waals surface area contributed by atoms with E-state index < -0.39 is 17.7 Å². The third kappa shape index (κ3) is 4.61. The normalized spacial score (nSPS) is 11.2. The number of amides is 1. The van der Waals surface area contributed by atoms with Gasteiger partial charge in [-0.1, -0.05) is 6.92 Å². The number of aryl methyl sites for hydroxylation is 1. The largest absolute Gasteiger partial charge is 0.477 e. The zero-order chi connectivity index (χ0) is 14.6. The van der Waals surface area contributed by atoms with E-state index in [0.29, 0.717) is 6.54 Å². The summed E-state index contributed by atoms with van der Waals surface area (Å²) in [5.74, 6) is -0.918. The van der Waals surface area contributed by atoms with Crippen molar-refractivity contribution in [1.29, 1.82) is 0 Å². The third-order valence-corrected chi connectivity index (χ3v) is 2.06. The second-order valence-electron chi connectivity index (χ2n) is 5.07. The quantitative estimate of drug-likeness (QED) is 0.875. The SMILES string of the molecule is CCCn1nc(NC(=O)OC(C)(C)C)cc1C(=O)O. The molecule has 0 saturated heterocycles. The second kappa shape index (κ2) is 5.73. The molecule has 0 radical (unpaired) electrons. The molecule has 0 bridgehead atoms. The Hall–Kier alpha value is -2.05. The number of aromatic nitrogens is 2. The molecular formula is C12H19N3O4. The Morgan fingerprint density at radius 2 is 2.11 bits per heavy atom. The molecule has 19 heavy (non-hydrogen) atoms. The van der Waals surface area contributed by atoms with E-state index in [1.54, 1.807) is 20.8 Å². The van der Waals surface area contributed by atoms with E-state index in [-0.39, 0.29) is 11.5 Å². The number of aromatic carboxylic acids is 1. The Labute approximate surface area is 111 Å². The summed E-state index contributed by atoms with van der Waals surface area (Å²) in [6, 6.07) is 1.31. The number of carbonyl (C=O) groups is 2. The minimum Gasteiger partial charge on any atom is -0.477 e. The number of carbonyl (C=O) groups excluding carboxylic acids is 1. The molecule has 0 aliphatic heterocycles. The Bertz CT molecular complexity index is 474. The Morgan fingerprint density at radius 3 is 2.58 bits per heavy atom. The van der Waals surface area contributed by atoms with Gasteiger partial charge in [0.25, 0.3) is 0 Å². The highest BCUT2D eigenvalue weighted by Gasteiger charge is 2.19. The van der Waals surface area contributed by atoms with Crippen LogP contribution in [0.5, 0.6) is 0 Å². The summed E-state index contributed by atoms with van der Waals surface area (Å²) in [7, 11) is 0. The fraction of sp³-hybridized carbons (Fsp3) is 0.583. The lowest BCUT2D eigenvalue weighted by atomic mass is 10.2. The molecule has 1 heterocycles. The van der Waals surface area contributed by atoms with E-state index in [4.69, 9.17) is 9.84 Å². The zero-order valence-corrected chi connectivity index (χ0v) is 11.6. The van der Waals surface area contributed by atoms with Gasteiger partial charge in [-0.2, -0.15) is 5.10 Å². The van der Waals surface area contributed by atoms with Gasteiger partial charge in [0.1, 0.15) is 11.3 Å². The standard InChI is InChI=1S/C12H19N3O4/c1-5-6-15-8(10(16)17)7-9(14-15)13-11(18)19-12(2,3)4/h7H,5-6H2,1-4H3,(H,16,17)(H,13,14,18). The smallest absolute Gasteiger partial charge is 0.413 e. The van der Waals surface area contributed by atoms with E-state index >= 15 is 0 Å². The molecule has 0 atom stereocenters. The van der Waals surface area contributed by atoms with Crippen LogP contribution in [0, 0.1) is 0 Å². The fourth-order valence-corrected chi connectivity index (χ4v) is 1.44. The minimum absolute atomic E-state index is 0.0351. The van der Waals surface area contributed by atoms with Crippen molar-refractivity contribution in [2.24, 2.45) is 0 Å². The van der Waals surface area contributed by atoms with Crippen molar-refractivity contribution in [3.8, 4) is 0 Å². The monoisotopic (exact) mass is 269 g/mol. The summed E-state index contributed by atoms with van der Waals surface area (Å²) in [5, 5.41) is 15.5. The molecule has 0 saturated carbocycles. The van der Waals surface area contributed by atoms with Crippen molar-refractivity contribution in [2.45, 2.75) is 46.3 Å². The molecule has 106 valence electrons. The molecule has 0 aliphatic carbocycles. The van der Waals surface area contributed by atoms with Crippen molar-refractivity contribution in [3.05, 3.63) is 11.8 Å². The molecule has 0 aromatic carbocycles. The first kappa shape index (κ1) is 15.0. The molecule has 2 N–H and O–H groups in total. The van der Waals surface area contributed by atoms with Crippen LogP contribution in [0.1, 0.15) is 44.6 Å². The maximum atomic E-state index is 11.5. The van der Waals surface area contributed by atoms with Gasteiger partial charge in [-0.3, -0.25) is 10.00 Å². The molecule has 7 nitrogen and oxygen atoms in total. The first-order valence-corrected chi connectivity index (χ1v) is 6.04. The second-order valence-corrected chi connectivity index (χ2v) is 5.07. The molecule has 1 aromatic rings. The molecule has 0 unspecified atom stereocenters. The lowest BCUT2D eigenvalue weighted by Crippen LogP contribution is -2.27. The summed E-state index contributed by atoms with van der Waals surface area (Å²) in [4.78, 5) is 22.6. The molecule has 1 rings (SSSR count). The third-order valence-electron chi connectivity index (χ3n) is 2.06. The lowest BCUT2D eigenvalue weighted by Gasteiger charge is -2.18. The summed E-state index contributed by atoms with van der Waals surface area (Å²) < 4.78 is 6.41. The molecule has 7 heteroatoms. The van der Waals surface area contributed by atoms with Crippen LogP contribution < -0.4 is 5.32 Å². The van der Waals surface area contributed by atoms with E-state index in [0.717, 1.165) is 6.42 Å². The number of carboxylic acid groups (broad SMARTS) is 1. The zero-order valence-electron chi connectivity index (χ0n) is 11.6. The Balaban J connectivity index is 2.82. The number of carboxylic acids is 1. The van der Waals surface area contributed by atoms with Crippen molar-refractivity contribution < 1.29 is 19.4 Å². The summed E-state index contributed by atoms with van der Waals surface area (Å²) in [5.41, 5.74) is -0.584. The van der Waals surface area contributed by atoms with Crippen LogP contribution in [0.2, 0.25) is 0 Å². The van der Waals surface area contributed by atoms with E-state index in [1.165, 1.54) is 10.7 Å². The Morgan fingerprint density at radius 1 is 1.47 bits per heavy atom. The predicted molar refractivity (Wildman–Crippen MR) is 69.3 cm³/mol. The highest BCUT2D eigenvalue weighted by atomic mass is 16.6. The summed E-state index contributed by atoms with van der Waals surface area (Å²) in [6.45, 7) is 7.60. The average Bonchev–Trinajstić information content (AvgIpc) is 2.58. The van der Waals surface area contributed by atoms with Gasteiger partial charge in [0.2, 0.25) is 0 Å². The van der Waals surface area contributed by atoms with Crippen molar-refractivity contribution in [3.63, 3.8) is 0 Å². The number of nitrogens with zero attached hydrogens (tertiary/aromatic N) is 2. The van der Waals surface area contributed by atoms with Crippen LogP contribution in [0.25, 0.3) is 0 Å². The molecule has 1 aromatic heterocycles.